The SMILES string of the molecule is CCCc1cc(NNC(=O)Nc2cc(Br)cc(Br)c2)nc2c1c(C)nn2C. The fourth-order valence-corrected chi connectivity index (χ4v) is 4.27. The number of rotatable bonds is 5. The van der Waals surface area contributed by atoms with Crippen LogP contribution in [0.5, 0.6) is 0 Å². The van der Waals surface area contributed by atoms with E-state index in [1.165, 1.54) is 0 Å². The molecule has 1 aromatic carbocycles. The summed E-state index contributed by atoms with van der Waals surface area (Å²) in [5.41, 5.74) is 9.08. The van der Waals surface area contributed by atoms with Crippen LogP contribution in [0.3, 0.4) is 0 Å². The van der Waals surface area contributed by atoms with Crippen molar-refractivity contribution in [3.8, 4) is 0 Å². The molecule has 2 aromatic heterocycles. The van der Waals surface area contributed by atoms with Crippen molar-refractivity contribution in [3.63, 3.8) is 0 Å². The minimum absolute atomic E-state index is 0.389. The number of carbonyl (C=O) groups excluding carboxylic acids is 1. The van der Waals surface area contributed by atoms with Gasteiger partial charge in [-0.15, -0.1) is 0 Å². The van der Waals surface area contributed by atoms with E-state index in [0.29, 0.717) is 11.5 Å². The molecule has 0 saturated heterocycles. The number of pyridine rings is 1. The second-order valence-electron chi connectivity index (χ2n) is 6.19. The van der Waals surface area contributed by atoms with Gasteiger partial charge < -0.3 is 5.32 Å². The van der Waals surface area contributed by atoms with Gasteiger partial charge >= 0.3 is 6.03 Å². The molecule has 0 saturated carbocycles. The Morgan fingerprint density at radius 2 is 1.89 bits per heavy atom. The van der Waals surface area contributed by atoms with E-state index in [0.717, 1.165) is 44.1 Å². The van der Waals surface area contributed by atoms with Crippen molar-refractivity contribution < 1.29 is 4.79 Å². The number of nitrogens with one attached hydrogen (secondary N) is 3. The number of hydrazine groups is 1. The van der Waals surface area contributed by atoms with Crippen LogP contribution < -0.4 is 16.2 Å². The second kappa shape index (κ2) is 8.26. The topological polar surface area (TPSA) is 83.9 Å². The number of aromatic nitrogens is 3. The van der Waals surface area contributed by atoms with Gasteiger partial charge in [-0.25, -0.2) is 9.78 Å². The van der Waals surface area contributed by atoms with Crippen molar-refractivity contribution in [3.05, 3.63) is 44.5 Å². The van der Waals surface area contributed by atoms with E-state index in [1.807, 2.05) is 38.2 Å². The summed E-state index contributed by atoms with van der Waals surface area (Å²) in [7, 11) is 1.87. The molecule has 0 radical (unpaired) electrons. The quantitative estimate of drug-likeness (QED) is 0.439. The van der Waals surface area contributed by atoms with Gasteiger partial charge in [0.2, 0.25) is 0 Å². The highest BCUT2D eigenvalue weighted by Crippen LogP contribution is 2.25. The first-order valence-corrected chi connectivity index (χ1v) is 10.1. The van der Waals surface area contributed by atoms with Crippen LogP contribution in [0.2, 0.25) is 0 Å². The van der Waals surface area contributed by atoms with Crippen LogP contribution in [0.1, 0.15) is 24.6 Å². The summed E-state index contributed by atoms with van der Waals surface area (Å²) in [5.74, 6) is 0.569. The standard InChI is InChI=1S/C18H20Br2N6O/c1-4-5-11-6-15(22-17-16(11)10(2)25-26(17)3)23-24-18(27)21-14-8-12(19)7-13(20)9-14/h6-9H,4-5H2,1-3H3,(H,22,23)(H2,21,24,27). The molecular weight excluding hydrogens is 476 g/mol. The third kappa shape index (κ3) is 4.59. The van der Waals surface area contributed by atoms with Crippen LogP contribution in [-0.2, 0) is 13.5 Å². The fraction of sp³-hybridized carbons (Fsp3) is 0.278. The Bertz CT molecular complexity index is 981. The molecule has 0 aliphatic heterocycles. The molecule has 2 amide bonds. The Kier molecular flexibility index (Phi) is 6.01. The highest BCUT2D eigenvalue weighted by Gasteiger charge is 2.13. The zero-order valence-corrected chi connectivity index (χ0v) is 18.4. The van der Waals surface area contributed by atoms with E-state index in [2.05, 4.69) is 65.0 Å². The van der Waals surface area contributed by atoms with Gasteiger partial charge in [0, 0.05) is 27.1 Å². The summed E-state index contributed by atoms with van der Waals surface area (Å²) in [5, 5.41) is 8.31. The van der Waals surface area contributed by atoms with Crippen molar-refractivity contribution in [1.29, 1.82) is 0 Å². The van der Waals surface area contributed by atoms with Crippen LogP contribution in [0.15, 0.2) is 33.2 Å². The van der Waals surface area contributed by atoms with E-state index < -0.39 is 0 Å². The number of benzene rings is 1. The minimum Gasteiger partial charge on any atom is -0.307 e. The number of nitrogens with zero attached hydrogens (tertiary/aromatic N) is 3. The smallest absolute Gasteiger partial charge is 0.307 e. The highest BCUT2D eigenvalue weighted by atomic mass is 79.9. The van der Waals surface area contributed by atoms with E-state index in [-0.39, 0.29) is 6.03 Å². The molecule has 27 heavy (non-hydrogen) atoms. The van der Waals surface area contributed by atoms with E-state index >= 15 is 0 Å². The zero-order chi connectivity index (χ0) is 19.6. The average molecular weight is 496 g/mol. The molecule has 142 valence electrons. The molecule has 9 heteroatoms. The van der Waals surface area contributed by atoms with E-state index in [4.69, 9.17) is 0 Å². The third-order valence-electron chi connectivity index (χ3n) is 3.99. The molecular formula is C18H20Br2N6O. The van der Waals surface area contributed by atoms with Gasteiger partial charge in [-0.3, -0.25) is 15.5 Å². The van der Waals surface area contributed by atoms with Gasteiger partial charge in [0.05, 0.1) is 5.69 Å². The van der Waals surface area contributed by atoms with Gasteiger partial charge in [0.25, 0.3) is 0 Å². The first-order chi connectivity index (χ1) is 12.9. The number of hydrogen-bond donors (Lipinski definition) is 3. The predicted octanol–water partition coefficient (Wildman–Crippen LogP) is 4.90. The molecule has 3 aromatic rings. The molecule has 2 heterocycles. The third-order valence-corrected chi connectivity index (χ3v) is 4.91. The molecule has 0 aliphatic rings. The molecule has 3 rings (SSSR count). The lowest BCUT2D eigenvalue weighted by molar-refractivity contribution is 0.254. The predicted molar refractivity (Wildman–Crippen MR) is 115 cm³/mol. The Hall–Kier alpha value is -2.13. The Morgan fingerprint density at radius 3 is 2.56 bits per heavy atom. The average Bonchev–Trinajstić information content (AvgIpc) is 2.87. The summed E-state index contributed by atoms with van der Waals surface area (Å²) >= 11 is 6.79. The largest absolute Gasteiger partial charge is 0.337 e. The van der Waals surface area contributed by atoms with Gasteiger partial charge in [0.15, 0.2) is 5.65 Å². The minimum atomic E-state index is -0.389. The monoisotopic (exact) mass is 494 g/mol. The van der Waals surface area contributed by atoms with Crippen molar-refractivity contribution in [2.75, 3.05) is 10.7 Å². The highest BCUT2D eigenvalue weighted by molar-refractivity contribution is 9.11. The maximum Gasteiger partial charge on any atom is 0.337 e. The number of hydrogen-bond acceptors (Lipinski definition) is 4. The Labute approximate surface area is 174 Å². The fourth-order valence-electron chi connectivity index (χ4n) is 2.97. The lowest BCUT2D eigenvalue weighted by Crippen LogP contribution is -2.34. The Balaban J connectivity index is 1.76. The molecule has 0 atom stereocenters. The molecule has 7 nitrogen and oxygen atoms in total. The lowest BCUT2D eigenvalue weighted by atomic mass is 10.1. The van der Waals surface area contributed by atoms with E-state index in [1.54, 1.807) is 4.68 Å². The molecule has 0 fully saturated rings. The van der Waals surface area contributed by atoms with Crippen molar-refractivity contribution in [1.82, 2.24) is 20.2 Å². The molecule has 0 bridgehead atoms. The van der Waals surface area contributed by atoms with Crippen LogP contribution in [0.4, 0.5) is 16.3 Å². The first kappa shape index (κ1) is 19.6. The number of carbonyl (C=O) groups is 1. The maximum absolute atomic E-state index is 12.2. The Morgan fingerprint density at radius 1 is 1.19 bits per heavy atom. The summed E-state index contributed by atoms with van der Waals surface area (Å²) in [6.45, 7) is 4.12. The molecule has 3 N–H and O–H groups in total. The normalized spacial score (nSPS) is 10.9. The molecule has 0 aliphatic carbocycles. The van der Waals surface area contributed by atoms with Crippen molar-refractivity contribution in [2.45, 2.75) is 26.7 Å². The number of anilines is 2. The lowest BCUT2D eigenvalue weighted by Gasteiger charge is -2.12. The van der Waals surface area contributed by atoms with Gasteiger partial charge in [-0.1, -0.05) is 45.2 Å². The number of urea groups is 1. The summed E-state index contributed by atoms with van der Waals surface area (Å²) < 4.78 is 3.49. The summed E-state index contributed by atoms with van der Waals surface area (Å²) in [6, 6.07) is 7.08. The van der Waals surface area contributed by atoms with Crippen molar-refractivity contribution >= 4 is 60.4 Å². The van der Waals surface area contributed by atoms with Gasteiger partial charge in [-0.2, -0.15) is 5.10 Å². The van der Waals surface area contributed by atoms with Gasteiger partial charge in [0.1, 0.15) is 5.82 Å². The molecule has 0 spiro atoms. The molecule has 0 unspecified atom stereocenters. The number of fused-ring (bicyclic) bond motifs is 1. The van der Waals surface area contributed by atoms with Gasteiger partial charge in [-0.05, 0) is 43.2 Å². The van der Waals surface area contributed by atoms with E-state index in [9.17, 15) is 4.79 Å². The first-order valence-electron chi connectivity index (χ1n) is 8.49. The van der Waals surface area contributed by atoms with Crippen molar-refractivity contribution in [2.24, 2.45) is 7.05 Å². The van der Waals surface area contributed by atoms with Crippen LogP contribution in [0.25, 0.3) is 11.0 Å². The zero-order valence-electron chi connectivity index (χ0n) is 15.2. The maximum atomic E-state index is 12.2. The second-order valence-corrected chi connectivity index (χ2v) is 8.02. The number of aryl methyl sites for hydroxylation is 3. The summed E-state index contributed by atoms with van der Waals surface area (Å²) in [4.78, 5) is 16.8. The van der Waals surface area contributed by atoms with Crippen LogP contribution in [0, 0.1) is 6.92 Å². The van der Waals surface area contributed by atoms with Crippen LogP contribution >= 0.6 is 31.9 Å². The number of halogens is 2. The number of amides is 2. The van der Waals surface area contributed by atoms with Crippen LogP contribution in [-0.4, -0.2) is 20.8 Å². The summed E-state index contributed by atoms with van der Waals surface area (Å²) in [6.07, 6.45) is 1.93.